The van der Waals surface area contributed by atoms with Gasteiger partial charge in [-0.15, -0.1) is 0 Å². The molecule has 1 aromatic carbocycles. The third kappa shape index (κ3) is 2.25. The van der Waals surface area contributed by atoms with Gasteiger partial charge in [0.1, 0.15) is 0 Å². The van der Waals surface area contributed by atoms with E-state index in [1.807, 2.05) is 6.26 Å². The van der Waals surface area contributed by atoms with E-state index < -0.39 is 0 Å². The van der Waals surface area contributed by atoms with E-state index in [0.717, 1.165) is 19.4 Å². The summed E-state index contributed by atoms with van der Waals surface area (Å²) in [5.74, 6) is 0.407. The largest absolute Gasteiger partial charge is 0.501 e. The van der Waals surface area contributed by atoms with Crippen molar-refractivity contribution < 1.29 is 4.74 Å². The van der Waals surface area contributed by atoms with Gasteiger partial charge in [0, 0.05) is 5.92 Å². The molecule has 0 fully saturated rings. The molecule has 0 aromatic heterocycles. The Morgan fingerprint density at radius 1 is 1.32 bits per heavy atom. The fourth-order valence-corrected chi connectivity index (χ4v) is 3.04. The van der Waals surface area contributed by atoms with Gasteiger partial charge >= 0.3 is 0 Å². The lowest BCUT2D eigenvalue weighted by molar-refractivity contribution is 0.238. The molecule has 2 aliphatic rings. The van der Waals surface area contributed by atoms with E-state index in [9.17, 15) is 0 Å². The first-order valence-electron chi connectivity index (χ1n) is 7.17. The second kappa shape index (κ2) is 5.48. The average molecular weight is 252 g/mol. The summed E-state index contributed by atoms with van der Waals surface area (Å²) in [6.45, 7) is 2.87. The Kier molecular flexibility index (Phi) is 3.54. The van der Waals surface area contributed by atoms with Gasteiger partial charge in [-0.1, -0.05) is 49.4 Å². The molecule has 0 radical (unpaired) electrons. The van der Waals surface area contributed by atoms with Gasteiger partial charge in [-0.05, 0) is 41.5 Å². The molecule has 2 aliphatic carbocycles. The van der Waals surface area contributed by atoms with E-state index in [0.29, 0.717) is 5.92 Å². The van der Waals surface area contributed by atoms with Gasteiger partial charge < -0.3 is 4.74 Å². The van der Waals surface area contributed by atoms with Gasteiger partial charge in [-0.2, -0.15) is 0 Å². The first kappa shape index (κ1) is 12.3. The van der Waals surface area contributed by atoms with Gasteiger partial charge in [-0.25, -0.2) is 0 Å². The Bertz CT molecular complexity index is 549. The molecular formula is C18H20O. The third-order valence-electron chi connectivity index (χ3n) is 3.93. The van der Waals surface area contributed by atoms with Crippen molar-refractivity contribution in [3.05, 3.63) is 65.5 Å². The second-order valence-electron chi connectivity index (χ2n) is 5.13. The van der Waals surface area contributed by atoms with E-state index in [-0.39, 0.29) is 0 Å². The molecule has 0 N–H and O–H groups in total. The van der Waals surface area contributed by atoms with Crippen LogP contribution in [0.3, 0.4) is 0 Å². The molecule has 3 rings (SSSR count). The van der Waals surface area contributed by atoms with Crippen LogP contribution in [0.2, 0.25) is 0 Å². The highest BCUT2D eigenvalue weighted by molar-refractivity contribution is 5.81. The summed E-state index contributed by atoms with van der Waals surface area (Å²) in [4.78, 5) is 0. The molecule has 0 spiro atoms. The smallest absolute Gasteiger partial charge is 0.0982 e. The van der Waals surface area contributed by atoms with Crippen molar-refractivity contribution >= 4 is 5.57 Å². The minimum atomic E-state index is 0.407. The van der Waals surface area contributed by atoms with Crippen LogP contribution in [-0.2, 0) is 4.74 Å². The zero-order valence-electron chi connectivity index (χ0n) is 11.4. The number of hydrogen-bond donors (Lipinski definition) is 0. The number of ether oxygens (including phenoxy) is 1. The Labute approximate surface area is 115 Å². The predicted molar refractivity (Wildman–Crippen MR) is 79.9 cm³/mol. The van der Waals surface area contributed by atoms with Crippen molar-refractivity contribution in [2.75, 3.05) is 6.61 Å². The molecule has 19 heavy (non-hydrogen) atoms. The van der Waals surface area contributed by atoms with E-state index in [4.69, 9.17) is 4.74 Å². The highest BCUT2D eigenvalue weighted by atomic mass is 16.5. The lowest BCUT2D eigenvalue weighted by atomic mass is 9.93. The summed E-state index contributed by atoms with van der Waals surface area (Å²) < 4.78 is 5.72. The Balaban J connectivity index is 1.88. The van der Waals surface area contributed by atoms with E-state index in [1.54, 1.807) is 0 Å². The average Bonchev–Trinajstić information content (AvgIpc) is 2.78. The molecule has 0 aliphatic heterocycles. The molecule has 1 unspecified atom stereocenters. The van der Waals surface area contributed by atoms with E-state index in [2.05, 4.69) is 49.4 Å². The van der Waals surface area contributed by atoms with Crippen LogP contribution in [0.1, 0.15) is 43.2 Å². The van der Waals surface area contributed by atoms with Gasteiger partial charge in [0.25, 0.3) is 0 Å². The molecular weight excluding hydrogens is 232 g/mol. The van der Waals surface area contributed by atoms with Crippen molar-refractivity contribution in [2.45, 2.75) is 32.1 Å². The maximum atomic E-state index is 5.72. The number of fused-ring (bicyclic) bond motifs is 2. The predicted octanol–water partition coefficient (Wildman–Crippen LogP) is 4.83. The third-order valence-corrected chi connectivity index (χ3v) is 3.93. The van der Waals surface area contributed by atoms with Gasteiger partial charge in [-0.3, -0.25) is 0 Å². The Morgan fingerprint density at radius 3 is 3.11 bits per heavy atom. The zero-order chi connectivity index (χ0) is 13.1. The molecule has 0 bridgehead atoms. The van der Waals surface area contributed by atoms with Crippen LogP contribution in [0, 0.1) is 0 Å². The van der Waals surface area contributed by atoms with Crippen LogP contribution in [-0.4, -0.2) is 6.61 Å². The number of rotatable bonds is 4. The Morgan fingerprint density at radius 2 is 2.21 bits per heavy atom. The standard InChI is InChI=1S/C18H20O/c1-2-3-12-19-13-18-16-10-6-4-8-14(16)15-9-5-7-11-17(15)18/h3-4,6-8,10-12,18H,2,5,9,13H2,1H3/b12-3+. The maximum Gasteiger partial charge on any atom is 0.0982 e. The van der Waals surface area contributed by atoms with E-state index >= 15 is 0 Å². The Hall–Kier alpha value is -1.76. The number of allylic oxidation sites excluding steroid dienone is 4. The molecule has 1 heteroatoms. The van der Waals surface area contributed by atoms with E-state index in [1.165, 1.54) is 28.7 Å². The van der Waals surface area contributed by atoms with Crippen LogP contribution in [0.25, 0.3) is 5.57 Å². The maximum absolute atomic E-state index is 5.72. The zero-order valence-corrected chi connectivity index (χ0v) is 11.4. The second-order valence-corrected chi connectivity index (χ2v) is 5.13. The lowest BCUT2D eigenvalue weighted by Crippen LogP contribution is -2.05. The first-order valence-corrected chi connectivity index (χ1v) is 7.17. The summed E-state index contributed by atoms with van der Waals surface area (Å²) in [5.41, 5.74) is 5.88. The highest BCUT2D eigenvalue weighted by Gasteiger charge is 2.30. The van der Waals surface area contributed by atoms with Crippen LogP contribution >= 0.6 is 0 Å². The molecule has 0 heterocycles. The van der Waals surface area contributed by atoms with Crippen molar-refractivity contribution in [1.82, 2.24) is 0 Å². The highest BCUT2D eigenvalue weighted by Crippen LogP contribution is 2.46. The summed E-state index contributed by atoms with van der Waals surface area (Å²) >= 11 is 0. The summed E-state index contributed by atoms with van der Waals surface area (Å²) in [7, 11) is 0. The number of benzene rings is 1. The molecule has 1 aromatic rings. The fourth-order valence-electron chi connectivity index (χ4n) is 3.04. The molecule has 0 amide bonds. The monoisotopic (exact) mass is 252 g/mol. The molecule has 1 nitrogen and oxygen atoms in total. The first-order chi connectivity index (χ1) is 9.42. The topological polar surface area (TPSA) is 9.23 Å². The minimum Gasteiger partial charge on any atom is -0.501 e. The lowest BCUT2D eigenvalue weighted by Gasteiger charge is -2.15. The minimum absolute atomic E-state index is 0.407. The molecule has 98 valence electrons. The van der Waals surface area contributed by atoms with Crippen molar-refractivity contribution in [3.8, 4) is 0 Å². The van der Waals surface area contributed by atoms with Crippen molar-refractivity contribution in [1.29, 1.82) is 0 Å². The van der Waals surface area contributed by atoms with Crippen LogP contribution < -0.4 is 0 Å². The number of hydrogen-bond acceptors (Lipinski definition) is 1. The summed E-state index contributed by atoms with van der Waals surface area (Å²) in [5, 5.41) is 0. The van der Waals surface area contributed by atoms with Crippen molar-refractivity contribution in [3.63, 3.8) is 0 Å². The summed E-state index contributed by atoms with van der Waals surface area (Å²) in [6.07, 6.45) is 11.9. The van der Waals surface area contributed by atoms with Crippen LogP contribution in [0.5, 0.6) is 0 Å². The van der Waals surface area contributed by atoms with Gasteiger partial charge in [0.2, 0.25) is 0 Å². The normalized spacial score (nSPS) is 20.8. The van der Waals surface area contributed by atoms with Gasteiger partial charge in [0.15, 0.2) is 0 Å². The fraction of sp³-hybridized carbons (Fsp3) is 0.333. The molecule has 0 saturated heterocycles. The molecule has 1 atom stereocenters. The van der Waals surface area contributed by atoms with Gasteiger partial charge in [0.05, 0.1) is 12.9 Å². The van der Waals surface area contributed by atoms with Crippen LogP contribution in [0.15, 0.2) is 54.3 Å². The quantitative estimate of drug-likeness (QED) is 0.697. The van der Waals surface area contributed by atoms with Crippen LogP contribution in [0.4, 0.5) is 0 Å². The SMILES string of the molecule is CC/C=C/OCC1C2=C(CCC=C2)c2ccccc21. The summed E-state index contributed by atoms with van der Waals surface area (Å²) in [6, 6.07) is 8.78. The van der Waals surface area contributed by atoms with Crippen molar-refractivity contribution in [2.24, 2.45) is 0 Å². The molecule has 0 saturated carbocycles.